The van der Waals surface area contributed by atoms with Crippen molar-refractivity contribution in [3.63, 3.8) is 0 Å². The molecule has 0 unspecified atom stereocenters. The molecule has 0 saturated heterocycles. The first-order chi connectivity index (χ1) is 7.27. The normalized spacial score (nSPS) is 10.2. The van der Waals surface area contributed by atoms with Crippen LogP contribution in [0.3, 0.4) is 0 Å². The van der Waals surface area contributed by atoms with Gasteiger partial charge in [0.2, 0.25) is 0 Å². The maximum Gasteiger partial charge on any atom is 0.0702 e. The van der Waals surface area contributed by atoms with Gasteiger partial charge in [-0.25, -0.2) is 0 Å². The molecule has 1 aromatic rings. The van der Waals surface area contributed by atoms with E-state index in [0.29, 0.717) is 17.8 Å². The van der Waals surface area contributed by atoms with E-state index in [1.54, 1.807) is 18.2 Å². The average Bonchev–Trinajstić information content (AvgIpc) is 2.26. The third-order valence-corrected chi connectivity index (χ3v) is 1.90. The number of nitrogens with zero attached hydrogens (tertiary/aromatic N) is 3. The molecule has 5 nitrogen and oxygen atoms in total. The molecule has 0 aliphatic heterocycles. The Morgan fingerprint density at radius 3 is 3.00 bits per heavy atom. The zero-order valence-corrected chi connectivity index (χ0v) is 8.17. The number of anilines is 1. The Bertz CT molecular complexity index is 408. The molecule has 0 aliphatic carbocycles. The van der Waals surface area contributed by atoms with Crippen molar-refractivity contribution in [1.82, 2.24) is 0 Å². The highest BCUT2D eigenvalue weighted by molar-refractivity contribution is 5.57. The quantitative estimate of drug-likeness (QED) is 0.340. The number of aliphatic hydroxyl groups is 1. The van der Waals surface area contributed by atoms with Crippen LogP contribution in [-0.4, -0.2) is 11.7 Å². The second kappa shape index (κ2) is 5.70. The Morgan fingerprint density at radius 2 is 2.33 bits per heavy atom. The smallest absolute Gasteiger partial charge is 0.0702 e. The summed E-state index contributed by atoms with van der Waals surface area (Å²) in [6.45, 7) is 0.235. The second-order valence-corrected chi connectivity index (χ2v) is 2.93. The first kappa shape index (κ1) is 11.1. The molecule has 0 amide bonds. The highest BCUT2D eigenvalue weighted by atomic mass is 16.3. The van der Waals surface area contributed by atoms with E-state index in [1.807, 2.05) is 12.1 Å². The van der Waals surface area contributed by atoms with E-state index in [9.17, 15) is 0 Å². The van der Waals surface area contributed by atoms with Gasteiger partial charge in [-0.2, -0.15) is 0 Å². The zero-order valence-electron chi connectivity index (χ0n) is 8.17. The van der Waals surface area contributed by atoms with Crippen LogP contribution < -0.4 is 5.73 Å². The van der Waals surface area contributed by atoms with Gasteiger partial charge >= 0.3 is 0 Å². The number of hydrogen-bond donors (Lipinski definition) is 2. The lowest BCUT2D eigenvalue weighted by atomic mass is 10.1. The van der Waals surface area contributed by atoms with Crippen molar-refractivity contribution in [1.29, 1.82) is 0 Å². The summed E-state index contributed by atoms with van der Waals surface area (Å²) in [5.41, 5.74) is 15.9. The Labute approximate surface area is 87.5 Å². The van der Waals surface area contributed by atoms with Crippen molar-refractivity contribution in [2.75, 3.05) is 12.3 Å². The summed E-state index contributed by atoms with van der Waals surface area (Å²) in [6.07, 6.45) is 3.56. The van der Waals surface area contributed by atoms with Crippen molar-refractivity contribution >= 4 is 11.8 Å². The van der Waals surface area contributed by atoms with Gasteiger partial charge in [0.15, 0.2) is 0 Å². The SMILES string of the molecule is [N-]=[N+]=NCC=Cc1ccc(N)c(CO)c1. The van der Waals surface area contributed by atoms with Crippen molar-refractivity contribution < 1.29 is 5.11 Å². The third-order valence-electron chi connectivity index (χ3n) is 1.90. The van der Waals surface area contributed by atoms with Crippen molar-refractivity contribution in [2.45, 2.75) is 6.61 Å². The lowest BCUT2D eigenvalue weighted by Crippen LogP contribution is -1.94. The summed E-state index contributed by atoms with van der Waals surface area (Å²) in [4.78, 5) is 2.63. The minimum atomic E-state index is -0.0795. The maximum atomic E-state index is 8.98. The maximum absolute atomic E-state index is 8.98. The average molecular weight is 204 g/mol. The van der Waals surface area contributed by atoms with Crippen molar-refractivity contribution in [2.24, 2.45) is 5.11 Å². The molecule has 78 valence electrons. The van der Waals surface area contributed by atoms with Crippen LogP contribution >= 0.6 is 0 Å². The van der Waals surface area contributed by atoms with Gasteiger partial charge in [-0.3, -0.25) is 0 Å². The summed E-state index contributed by atoms with van der Waals surface area (Å²) >= 11 is 0. The highest BCUT2D eigenvalue weighted by Gasteiger charge is 1.97. The number of benzene rings is 1. The van der Waals surface area contributed by atoms with E-state index < -0.39 is 0 Å². The zero-order chi connectivity index (χ0) is 11.1. The Kier molecular flexibility index (Phi) is 4.22. The summed E-state index contributed by atoms with van der Waals surface area (Å²) in [6, 6.07) is 5.36. The number of aliphatic hydroxyl groups excluding tert-OH is 1. The van der Waals surface area contributed by atoms with Gasteiger partial charge in [-0.15, -0.1) is 0 Å². The highest BCUT2D eigenvalue weighted by Crippen LogP contribution is 2.14. The number of hydrogen-bond acceptors (Lipinski definition) is 3. The molecule has 1 aromatic carbocycles. The molecule has 0 atom stereocenters. The van der Waals surface area contributed by atoms with Gasteiger partial charge in [-0.05, 0) is 23.2 Å². The fourth-order valence-electron chi connectivity index (χ4n) is 1.14. The Morgan fingerprint density at radius 1 is 1.53 bits per heavy atom. The number of nitrogens with two attached hydrogens (primary N) is 1. The predicted octanol–water partition coefficient (Wildman–Crippen LogP) is 2.08. The van der Waals surface area contributed by atoms with Crippen LogP contribution in [0.15, 0.2) is 29.4 Å². The molecule has 0 aromatic heterocycles. The van der Waals surface area contributed by atoms with Gasteiger partial charge in [0, 0.05) is 22.7 Å². The molecule has 0 fully saturated rings. The minimum Gasteiger partial charge on any atom is -0.398 e. The fraction of sp³-hybridized carbons (Fsp3) is 0.200. The molecule has 3 N–H and O–H groups in total. The molecule has 0 saturated carbocycles. The van der Waals surface area contributed by atoms with E-state index >= 15 is 0 Å². The number of azide groups is 1. The molecular formula is C10H12N4O. The van der Waals surface area contributed by atoms with Gasteiger partial charge < -0.3 is 10.8 Å². The van der Waals surface area contributed by atoms with E-state index in [4.69, 9.17) is 16.4 Å². The van der Waals surface area contributed by atoms with Crippen LogP contribution in [0.4, 0.5) is 5.69 Å². The van der Waals surface area contributed by atoms with Crippen LogP contribution in [-0.2, 0) is 6.61 Å². The lowest BCUT2D eigenvalue weighted by Gasteiger charge is -2.02. The van der Waals surface area contributed by atoms with Gasteiger partial charge in [0.1, 0.15) is 0 Å². The molecular weight excluding hydrogens is 192 g/mol. The molecule has 5 heteroatoms. The summed E-state index contributed by atoms with van der Waals surface area (Å²) in [7, 11) is 0. The lowest BCUT2D eigenvalue weighted by molar-refractivity contribution is 0.282. The molecule has 1 rings (SSSR count). The van der Waals surface area contributed by atoms with E-state index in [-0.39, 0.29) is 6.61 Å². The molecule has 0 aliphatic rings. The third kappa shape index (κ3) is 3.34. The first-order valence-corrected chi connectivity index (χ1v) is 4.44. The van der Waals surface area contributed by atoms with Crippen molar-refractivity contribution in [3.05, 3.63) is 45.8 Å². The second-order valence-electron chi connectivity index (χ2n) is 2.93. The standard InChI is InChI=1S/C10H12N4O/c11-10-4-3-8(6-9(10)7-15)2-1-5-13-14-12/h1-4,6,15H,5,7,11H2. The minimum absolute atomic E-state index is 0.0795. The largest absolute Gasteiger partial charge is 0.398 e. The molecule has 0 heterocycles. The Balaban J connectivity index is 2.78. The van der Waals surface area contributed by atoms with Gasteiger partial charge in [0.25, 0.3) is 0 Å². The molecule has 15 heavy (non-hydrogen) atoms. The first-order valence-electron chi connectivity index (χ1n) is 4.44. The van der Waals surface area contributed by atoms with Crippen LogP contribution in [0.1, 0.15) is 11.1 Å². The van der Waals surface area contributed by atoms with Gasteiger partial charge in [0.05, 0.1) is 6.61 Å². The molecule has 0 radical (unpaired) electrons. The van der Waals surface area contributed by atoms with Crippen LogP contribution in [0, 0.1) is 0 Å². The summed E-state index contributed by atoms with van der Waals surface area (Å²) in [5.74, 6) is 0. The Hall–Kier alpha value is -1.97. The molecule has 0 spiro atoms. The topological polar surface area (TPSA) is 95.0 Å². The summed E-state index contributed by atoms with van der Waals surface area (Å²) in [5, 5.41) is 12.3. The monoisotopic (exact) mass is 204 g/mol. The van der Waals surface area contributed by atoms with Crippen LogP contribution in [0.2, 0.25) is 0 Å². The van der Waals surface area contributed by atoms with E-state index in [2.05, 4.69) is 10.0 Å². The van der Waals surface area contributed by atoms with Crippen molar-refractivity contribution in [3.8, 4) is 0 Å². The van der Waals surface area contributed by atoms with E-state index in [1.165, 1.54) is 0 Å². The predicted molar refractivity (Wildman–Crippen MR) is 59.8 cm³/mol. The number of rotatable bonds is 4. The van der Waals surface area contributed by atoms with Gasteiger partial charge in [-0.1, -0.05) is 23.3 Å². The number of nitrogen functional groups attached to an aromatic ring is 1. The van der Waals surface area contributed by atoms with E-state index in [0.717, 1.165) is 5.56 Å². The molecule has 0 bridgehead atoms. The summed E-state index contributed by atoms with van der Waals surface area (Å²) < 4.78 is 0. The van der Waals surface area contributed by atoms with Crippen LogP contribution in [0.25, 0.3) is 16.5 Å². The van der Waals surface area contributed by atoms with Crippen LogP contribution in [0.5, 0.6) is 0 Å². The fourth-order valence-corrected chi connectivity index (χ4v) is 1.14.